The highest BCUT2D eigenvalue weighted by Gasteiger charge is 2.34. The first kappa shape index (κ1) is 15.9. The fourth-order valence-electron chi connectivity index (χ4n) is 2.56. The third kappa shape index (κ3) is 5.28. The van der Waals surface area contributed by atoms with Crippen molar-refractivity contribution >= 4 is 0 Å². The molecule has 3 N–H and O–H groups in total. The molecule has 0 saturated carbocycles. The van der Waals surface area contributed by atoms with Crippen LogP contribution in [0.15, 0.2) is 0 Å². The van der Waals surface area contributed by atoms with Gasteiger partial charge in [-0.3, -0.25) is 4.90 Å². The molecule has 0 bridgehead atoms. The van der Waals surface area contributed by atoms with Crippen molar-refractivity contribution in [3.8, 4) is 0 Å². The van der Waals surface area contributed by atoms with Crippen molar-refractivity contribution in [1.82, 2.24) is 4.90 Å². The van der Waals surface area contributed by atoms with Crippen LogP contribution in [0.2, 0.25) is 0 Å². The summed E-state index contributed by atoms with van der Waals surface area (Å²) in [7, 11) is 2.05. The highest BCUT2D eigenvalue weighted by Crippen LogP contribution is 2.27. The maximum absolute atomic E-state index is 9.87. The lowest BCUT2D eigenvalue weighted by Crippen LogP contribution is -2.55. The van der Waals surface area contributed by atoms with Crippen LogP contribution >= 0.6 is 0 Å². The van der Waals surface area contributed by atoms with Crippen LogP contribution in [0.4, 0.5) is 0 Å². The zero-order chi connectivity index (χ0) is 13.1. The Morgan fingerprint density at radius 3 is 1.88 bits per heavy atom. The summed E-state index contributed by atoms with van der Waals surface area (Å²) in [6.07, 6.45) is 0.956. The van der Waals surface area contributed by atoms with E-state index in [9.17, 15) is 5.11 Å². The average Bonchev–Trinajstić information content (AvgIpc) is 1.97. The Morgan fingerprint density at radius 2 is 1.62 bits per heavy atom. The summed E-state index contributed by atoms with van der Waals surface area (Å²) in [6, 6.07) is 0.427. The molecule has 0 aromatic heterocycles. The zero-order valence-electron chi connectivity index (χ0n) is 12.0. The van der Waals surface area contributed by atoms with Gasteiger partial charge in [-0.2, -0.15) is 0 Å². The molecule has 0 fully saturated rings. The molecule has 0 aliphatic heterocycles. The molecule has 16 heavy (non-hydrogen) atoms. The van der Waals surface area contributed by atoms with Gasteiger partial charge in [0.25, 0.3) is 0 Å². The summed E-state index contributed by atoms with van der Waals surface area (Å²) in [6.45, 7) is 13.0. The second-order valence-corrected chi connectivity index (χ2v) is 6.61. The van der Waals surface area contributed by atoms with Crippen LogP contribution in [0, 0.1) is 5.41 Å². The molecule has 3 nitrogen and oxygen atoms in total. The average molecular weight is 230 g/mol. The normalized spacial score (nSPS) is 17.6. The van der Waals surface area contributed by atoms with E-state index in [4.69, 9.17) is 5.73 Å². The molecule has 2 unspecified atom stereocenters. The summed E-state index contributed by atoms with van der Waals surface area (Å²) >= 11 is 0. The molecule has 0 radical (unpaired) electrons. The number of nitrogens with zero attached hydrogens (tertiary/aromatic N) is 1. The van der Waals surface area contributed by atoms with E-state index >= 15 is 0 Å². The van der Waals surface area contributed by atoms with E-state index in [0.717, 1.165) is 6.42 Å². The number of likely N-dealkylation sites (N-methyl/N-ethyl adjacent to an activating group) is 1. The van der Waals surface area contributed by atoms with E-state index in [1.807, 2.05) is 20.9 Å². The molecule has 0 aromatic carbocycles. The third-order valence-electron chi connectivity index (χ3n) is 2.88. The number of nitrogens with two attached hydrogens (primary N) is 1. The van der Waals surface area contributed by atoms with Crippen LogP contribution in [-0.4, -0.2) is 41.3 Å². The summed E-state index contributed by atoms with van der Waals surface area (Å²) in [5.41, 5.74) is 5.65. The van der Waals surface area contributed by atoms with Gasteiger partial charge in [0.05, 0.1) is 5.60 Å². The minimum Gasteiger partial charge on any atom is -0.389 e. The second kappa shape index (κ2) is 5.48. The molecule has 0 aromatic rings. The number of hydrogen-bond donors (Lipinski definition) is 2. The smallest absolute Gasteiger partial charge is 0.0718 e. The standard InChI is InChI=1S/C13H30N2O/c1-8-10(14)11(12(2,3)4)15(7)9-13(5,6)16/h10-11,16H,8-9,14H2,1-7H3. The molecule has 0 amide bonds. The summed E-state index contributed by atoms with van der Waals surface area (Å²) in [5.74, 6) is 0. The molecule has 0 aliphatic rings. The predicted molar refractivity (Wildman–Crippen MR) is 70.4 cm³/mol. The minimum atomic E-state index is -0.675. The fraction of sp³-hybridized carbons (Fsp3) is 1.00. The zero-order valence-corrected chi connectivity index (χ0v) is 12.0. The predicted octanol–water partition coefficient (Wildman–Crippen LogP) is 1.84. The minimum absolute atomic E-state index is 0.120. The van der Waals surface area contributed by atoms with Crippen molar-refractivity contribution in [2.75, 3.05) is 13.6 Å². The Bertz CT molecular complexity index is 203. The molecular formula is C13H30N2O. The fourth-order valence-corrected chi connectivity index (χ4v) is 2.56. The van der Waals surface area contributed by atoms with Crippen LogP contribution in [0.3, 0.4) is 0 Å². The lowest BCUT2D eigenvalue weighted by atomic mass is 9.80. The van der Waals surface area contributed by atoms with Gasteiger partial charge in [0.1, 0.15) is 0 Å². The number of hydrogen-bond acceptors (Lipinski definition) is 3. The van der Waals surface area contributed by atoms with Gasteiger partial charge >= 0.3 is 0 Å². The molecule has 0 spiro atoms. The molecule has 0 heterocycles. The Morgan fingerprint density at radius 1 is 1.19 bits per heavy atom. The van der Waals surface area contributed by atoms with Crippen LogP contribution < -0.4 is 5.73 Å². The number of rotatable bonds is 5. The maximum atomic E-state index is 9.87. The monoisotopic (exact) mass is 230 g/mol. The van der Waals surface area contributed by atoms with Crippen molar-refractivity contribution in [3.63, 3.8) is 0 Å². The van der Waals surface area contributed by atoms with Gasteiger partial charge in [-0.15, -0.1) is 0 Å². The summed E-state index contributed by atoms with van der Waals surface area (Å²) in [4.78, 5) is 2.19. The quantitative estimate of drug-likeness (QED) is 0.758. The SMILES string of the molecule is CCC(N)C(N(C)CC(C)(C)O)C(C)(C)C. The van der Waals surface area contributed by atoms with Gasteiger partial charge in [-0.1, -0.05) is 27.7 Å². The molecule has 2 atom stereocenters. The van der Waals surface area contributed by atoms with Crippen molar-refractivity contribution in [2.45, 2.75) is 65.6 Å². The summed E-state index contributed by atoms with van der Waals surface area (Å²) < 4.78 is 0. The van der Waals surface area contributed by atoms with E-state index in [1.54, 1.807) is 0 Å². The molecule has 0 rings (SSSR count). The van der Waals surface area contributed by atoms with Crippen molar-refractivity contribution in [2.24, 2.45) is 11.1 Å². The van der Waals surface area contributed by atoms with Crippen LogP contribution in [-0.2, 0) is 0 Å². The molecule has 98 valence electrons. The van der Waals surface area contributed by atoms with Gasteiger partial charge in [0.15, 0.2) is 0 Å². The van der Waals surface area contributed by atoms with Crippen molar-refractivity contribution < 1.29 is 5.11 Å². The summed E-state index contributed by atoms with van der Waals surface area (Å²) in [5, 5.41) is 9.87. The van der Waals surface area contributed by atoms with Crippen molar-refractivity contribution in [1.29, 1.82) is 0 Å². The van der Waals surface area contributed by atoms with Crippen LogP contribution in [0.1, 0.15) is 48.0 Å². The Labute approximate surface area is 101 Å². The maximum Gasteiger partial charge on any atom is 0.0718 e. The van der Waals surface area contributed by atoms with Crippen LogP contribution in [0.25, 0.3) is 0 Å². The molecule has 0 aliphatic carbocycles. The molecular weight excluding hydrogens is 200 g/mol. The van der Waals surface area contributed by atoms with Gasteiger partial charge in [-0.25, -0.2) is 0 Å². The lowest BCUT2D eigenvalue weighted by molar-refractivity contribution is 0.00340. The van der Waals surface area contributed by atoms with Crippen LogP contribution in [0.5, 0.6) is 0 Å². The van der Waals surface area contributed by atoms with E-state index < -0.39 is 5.60 Å². The topological polar surface area (TPSA) is 49.5 Å². The Balaban J connectivity index is 4.78. The van der Waals surface area contributed by atoms with E-state index in [0.29, 0.717) is 6.54 Å². The number of aliphatic hydroxyl groups is 1. The molecule has 3 heteroatoms. The van der Waals surface area contributed by atoms with Gasteiger partial charge in [-0.05, 0) is 32.7 Å². The van der Waals surface area contributed by atoms with E-state index in [-0.39, 0.29) is 17.5 Å². The van der Waals surface area contributed by atoms with Gasteiger partial charge in [0, 0.05) is 18.6 Å². The first-order chi connectivity index (χ1) is 6.99. The van der Waals surface area contributed by atoms with Crippen molar-refractivity contribution in [3.05, 3.63) is 0 Å². The first-order valence-electron chi connectivity index (χ1n) is 6.17. The highest BCUT2D eigenvalue weighted by atomic mass is 16.3. The lowest BCUT2D eigenvalue weighted by Gasteiger charge is -2.43. The van der Waals surface area contributed by atoms with Gasteiger partial charge in [0.2, 0.25) is 0 Å². The third-order valence-corrected chi connectivity index (χ3v) is 2.88. The van der Waals surface area contributed by atoms with E-state index in [1.165, 1.54) is 0 Å². The van der Waals surface area contributed by atoms with Gasteiger partial charge < -0.3 is 10.8 Å². The van der Waals surface area contributed by atoms with E-state index in [2.05, 4.69) is 32.6 Å². The largest absolute Gasteiger partial charge is 0.389 e. The molecule has 0 saturated heterocycles. The second-order valence-electron chi connectivity index (χ2n) is 6.61. The highest BCUT2D eigenvalue weighted by molar-refractivity contribution is 4.91. The Hall–Kier alpha value is -0.120. The first-order valence-corrected chi connectivity index (χ1v) is 6.17. The Kier molecular flexibility index (Phi) is 5.44.